The zero-order valence-electron chi connectivity index (χ0n) is 23.1. The Balaban J connectivity index is 1.63. The van der Waals surface area contributed by atoms with E-state index in [9.17, 15) is 9.59 Å². The number of nitrogens with zero attached hydrogens (tertiary/aromatic N) is 2. The highest BCUT2D eigenvalue weighted by molar-refractivity contribution is 9.10. The number of carbonyl (C=O) groups is 1. The van der Waals surface area contributed by atoms with Crippen molar-refractivity contribution < 1.29 is 14.3 Å². The molecule has 0 spiro atoms. The lowest BCUT2D eigenvalue weighted by molar-refractivity contribution is -0.143. The molecule has 0 saturated heterocycles. The molecule has 210 valence electrons. The molecule has 0 fully saturated rings. The fourth-order valence-corrected chi connectivity index (χ4v) is 6.43. The molecule has 9 heteroatoms. The Kier molecular flexibility index (Phi) is 8.97. The van der Waals surface area contributed by atoms with Gasteiger partial charge >= 0.3 is 5.97 Å². The molecule has 3 aromatic carbocycles. The number of fused-ring (bicyclic) bond motifs is 1. The summed E-state index contributed by atoms with van der Waals surface area (Å²) < 4.78 is 14.7. The number of carbonyl (C=O) groups excluding carboxylic acids is 1. The van der Waals surface area contributed by atoms with Gasteiger partial charge in [-0.25, -0.2) is 9.79 Å². The molecule has 6 nitrogen and oxygen atoms in total. The fraction of sp³-hybridized carbons (Fsp3) is 0.219. The van der Waals surface area contributed by atoms with Gasteiger partial charge in [-0.1, -0.05) is 69.7 Å². The van der Waals surface area contributed by atoms with E-state index in [1.54, 1.807) is 37.1 Å². The van der Waals surface area contributed by atoms with Gasteiger partial charge in [0.05, 0.1) is 27.9 Å². The average Bonchev–Trinajstić information content (AvgIpc) is 3.26. The van der Waals surface area contributed by atoms with E-state index in [1.807, 2.05) is 85.1 Å². The molecular formula is C32H29BrN2O4S2. The van der Waals surface area contributed by atoms with Crippen LogP contribution in [0.2, 0.25) is 0 Å². The van der Waals surface area contributed by atoms with Crippen molar-refractivity contribution in [2.24, 2.45) is 4.99 Å². The predicted octanol–water partition coefficient (Wildman–Crippen LogP) is 6.25. The molecule has 4 aromatic rings. The first kappa shape index (κ1) is 29.1. The van der Waals surface area contributed by atoms with Gasteiger partial charge in [-0.05, 0) is 74.6 Å². The number of hydrogen-bond acceptors (Lipinski definition) is 7. The minimum Gasteiger partial charge on any atom is -0.488 e. The molecule has 1 atom stereocenters. The molecule has 0 aliphatic carbocycles. The van der Waals surface area contributed by atoms with Crippen LogP contribution in [0.1, 0.15) is 43.5 Å². The number of thiazole rings is 1. The summed E-state index contributed by atoms with van der Waals surface area (Å²) in [5.74, 6) is 0.183. The summed E-state index contributed by atoms with van der Waals surface area (Å²) in [7, 11) is 0. The highest BCUT2D eigenvalue weighted by Crippen LogP contribution is 2.32. The largest absolute Gasteiger partial charge is 0.488 e. The molecule has 5 rings (SSSR count). The number of ether oxygens (including phenoxy) is 2. The molecule has 1 aliphatic rings. The van der Waals surface area contributed by atoms with Crippen molar-refractivity contribution in [2.45, 2.75) is 44.4 Å². The van der Waals surface area contributed by atoms with Crippen molar-refractivity contribution in [2.75, 3.05) is 6.26 Å². The highest BCUT2D eigenvalue weighted by atomic mass is 79.9. The van der Waals surface area contributed by atoms with Crippen LogP contribution in [0.5, 0.6) is 5.75 Å². The number of hydrogen-bond donors (Lipinski definition) is 0. The molecule has 41 heavy (non-hydrogen) atoms. The Morgan fingerprint density at radius 3 is 2.54 bits per heavy atom. The van der Waals surface area contributed by atoms with Crippen LogP contribution in [0.25, 0.3) is 6.08 Å². The van der Waals surface area contributed by atoms with E-state index < -0.39 is 12.0 Å². The predicted molar refractivity (Wildman–Crippen MR) is 168 cm³/mol. The number of esters is 1. The maximum atomic E-state index is 14.0. The van der Waals surface area contributed by atoms with Crippen LogP contribution >= 0.6 is 39.0 Å². The summed E-state index contributed by atoms with van der Waals surface area (Å²) in [6, 6.07) is 22.9. The van der Waals surface area contributed by atoms with Gasteiger partial charge in [-0.2, -0.15) is 0 Å². The normalized spacial score (nSPS) is 15.1. The highest BCUT2D eigenvalue weighted by Gasteiger charge is 2.33. The zero-order chi connectivity index (χ0) is 29.1. The van der Waals surface area contributed by atoms with Gasteiger partial charge in [0.2, 0.25) is 0 Å². The molecule has 0 amide bonds. The van der Waals surface area contributed by atoms with Gasteiger partial charge in [0.15, 0.2) is 4.80 Å². The molecular weight excluding hydrogens is 620 g/mol. The van der Waals surface area contributed by atoms with E-state index in [2.05, 4.69) is 15.9 Å². The maximum absolute atomic E-state index is 14.0. The first-order valence-corrected chi connectivity index (χ1v) is 15.9. The summed E-state index contributed by atoms with van der Waals surface area (Å²) in [6.07, 6.45) is 3.53. The summed E-state index contributed by atoms with van der Waals surface area (Å²) >= 11 is 6.47. The minimum absolute atomic E-state index is 0.232. The standard InChI is InChI=1S/C32H29BrN2O4S2/c1-19(2)39-31(37)28-20(3)34-32-35(29(28)22-10-13-25(40-4)14-11-22)30(36)27(41-32)17-23-16-24(33)12-15-26(23)38-18-21-8-6-5-7-9-21/h5-17,19,29H,18H2,1-4H3/b27-17-/t29-/m0/s1. The van der Waals surface area contributed by atoms with E-state index in [1.165, 1.54) is 11.3 Å². The van der Waals surface area contributed by atoms with Gasteiger partial charge in [-0.3, -0.25) is 9.36 Å². The van der Waals surface area contributed by atoms with Crippen LogP contribution in [0.4, 0.5) is 0 Å². The maximum Gasteiger partial charge on any atom is 0.338 e. The van der Waals surface area contributed by atoms with Gasteiger partial charge in [0, 0.05) is 14.9 Å². The van der Waals surface area contributed by atoms with Crippen molar-refractivity contribution in [3.05, 3.63) is 125 Å². The third-order valence-electron chi connectivity index (χ3n) is 6.51. The van der Waals surface area contributed by atoms with E-state index >= 15 is 0 Å². The lowest BCUT2D eigenvalue weighted by Gasteiger charge is -2.25. The van der Waals surface area contributed by atoms with Crippen molar-refractivity contribution >= 4 is 51.1 Å². The molecule has 0 saturated carbocycles. The van der Waals surface area contributed by atoms with Gasteiger partial charge in [0.25, 0.3) is 5.56 Å². The van der Waals surface area contributed by atoms with Gasteiger partial charge in [-0.15, -0.1) is 11.8 Å². The number of thioether (sulfide) groups is 1. The van der Waals surface area contributed by atoms with Crippen LogP contribution < -0.4 is 19.6 Å². The summed E-state index contributed by atoms with van der Waals surface area (Å²) in [4.78, 5) is 33.7. The average molecular weight is 650 g/mol. The fourth-order valence-electron chi connectivity index (χ4n) is 4.60. The van der Waals surface area contributed by atoms with Crippen LogP contribution in [0.15, 0.2) is 103 Å². The molecule has 0 radical (unpaired) electrons. The van der Waals surface area contributed by atoms with Crippen LogP contribution in [-0.2, 0) is 16.1 Å². The number of aromatic nitrogens is 1. The Morgan fingerprint density at radius 1 is 1.12 bits per heavy atom. The molecule has 0 N–H and O–H groups in total. The first-order valence-electron chi connectivity index (χ1n) is 13.1. The van der Waals surface area contributed by atoms with Crippen molar-refractivity contribution in [3.8, 4) is 5.75 Å². The summed E-state index contributed by atoms with van der Waals surface area (Å²) in [6.45, 7) is 5.81. The second-order valence-corrected chi connectivity index (χ2v) is 12.6. The Morgan fingerprint density at radius 2 is 1.85 bits per heavy atom. The lowest BCUT2D eigenvalue weighted by Crippen LogP contribution is -2.40. The topological polar surface area (TPSA) is 69.9 Å². The Labute approximate surface area is 255 Å². The van der Waals surface area contributed by atoms with E-state index in [0.29, 0.717) is 33.0 Å². The second kappa shape index (κ2) is 12.6. The first-order chi connectivity index (χ1) is 19.7. The van der Waals surface area contributed by atoms with Crippen molar-refractivity contribution in [1.82, 2.24) is 4.57 Å². The second-order valence-electron chi connectivity index (χ2n) is 9.77. The minimum atomic E-state index is -0.660. The number of allylic oxidation sites excluding steroid dienone is 1. The van der Waals surface area contributed by atoms with E-state index in [4.69, 9.17) is 14.5 Å². The van der Waals surface area contributed by atoms with E-state index in [-0.39, 0.29) is 11.7 Å². The van der Waals surface area contributed by atoms with Crippen LogP contribution in [-0.4, -0.2) is 22.9 Å². The number of benzene rings is 3. The SMILES string of the molecule is CSc1ccc([C@H]2C(C(=O)OC(C)C)=C(C)N=c3s/c(=C\c4cc(Br)ccc4OCc4ccccc4)c(=O)n32)cc1. The van der Waals surface area contributed by atoms with Crippen molar-refractivity contribution in [1.29, 1.82) is 0 Å². The number of rotatable bonds is 8. The third-order valence-corrected chi connectivity index (χ3v) is 8.73. The smallest absolute Gasteiger partial charge is 0.338 e. The van der Waals surface area contributed by atoms with Crippen molar-refractivity contribution in [3.63, 3.8) is 0 Å². The molecule has 0 unspecified atom stereocenters. The Bertz CT molecular complexity index is 1790. The third kappa shape index (κ3) is 6.42. The molecule has 1 aliphatic heterocycles. The quantitative estimate of drug-likeness (QED) is 0.167. The molecule has 1 aromatic heterocycles. The van der Waals surface area contributed by atoms with Crippen LogP contribution in [0.3, 0.4) is 0 Å². The lowest BCUT2D eigenvalue weighted by atomic mass is 9.96. The molecule has 2 heterocycles. The van der Waals surface area contributed by atoms with Gasteiger partial charge in [0.1, 0.15) is 12.4 Å². The van der Waals surface area contributed by atoms with E-state index in [0.717, 1.165) is 26.1 Å². The van der Waals surface area contributed by atoms with Crippen LogP contribution in [0, 0.1) is 0 Å². The molecule has 0 bridgehead atoms. The summed E-state index contributed by atoms with van der Waals surface area (Å²) in [5, 5.41) is 0. The monoisotopic (exact) mass is 648 g/mol. The summed E-state index contributed by atoms with van der Waals surface area (Å²) in [5.41, 5.74) is 3.29. The number of halogens is 1. The zero-order valence-corrected chi connectivity index (χ0v) is 26.3. The van der Waals surface area contributed by atoms with Gasteiger partial charge < -0.3 is 9.47 Å². The Hall–Kier alpha value is -3.40.